The number of benzene rings is 1. The Hall–Kier alpha value is -2.24. The van der Waals surface area contributed by atoms with Crippen LogP contribution in [0.4, 0.5) is 0 Å². The van der Waals surface area contributed by atoms with Crippen LogP contribution in [0.2, 0.25) is 0 Å². The van der Waals surface area contributed by atoms with Crippen LogP contribution in [-0.2, 0) is 9.63 Å². The Balaban J connectivity index is 2.37. The molecule has 1 aliphatic rings. The summed E-state index contributed by atoms with van der Waals surface area (Å²) < 4.78 is 10.5. The van der Waals surface area contributed by atoms with E-state index < -0.39 is 11.6 Å². The third-order valence-electron chi connectivity index (χ3n) is 3.03. The van der Waals surface area contributed by atoms with Gasteiger partial charge in [-0.25, -0.2) is 4.79 Å². The van der Waals surface area contributed by atoms with Gasteiger partial charge in [-0.3, -0.25) is 0 Å². The van der Waals surface area contributed by atoms with Gasteiger partial charge in [-0.2, -0.15) is 0 Å². The van der Waals surface area contributed by atoms with Crippen molar-refractivity contribution in [1.29, 1.82) is 0 Å². The molecule has 0 amide bonds. The number of hydrogen-bond donors (Lipinski definition) is 1. The molecule has 1 aromatic rings. The maximum Gasteiger partial charge on any atom is 0.351 e. The zero-order chi connectivity index (χ0) is 14.0. The van der Waals surface area contributed by atoms with E-state index in [2.05, 4.69) is 5.16 Å². The number of para-hydroxylation sites is 1. The highest BCUT2D eigenvalue weighted by molar-refractivity contribution is 6.06. The Labute approximate surface area is 110 Å². The van der Waals surface area contributed by atoms with Gasteiger partial charge in [-0.15, -0.1) is 0 Å². The predicted molar refractivity (Wildman–Crippen MR) is 67.8 cm³/mol. The van der Waals surface area contributed by atoms with Gasteiger partial charge in [0.05, 0.1) is 19.9 Å². The molecule has 0 fully saturated rings. The summed E-state index contributed by atoms with van der Waals surface area (Å²) in [4.78, 5) is 16.2. The van der Waals surface area contributed by atoms with Crippen molar-refractivity contribution in [2.24, 2.45) is 5.16 Å². The van der Waals surface area contributed by atoms with Crippen molar-refractivity contribution in [3.8, 4) is 11.5 Å². The molecule has 0 aliphatic carbocycles. The largest absolute Gasteiger partial charge is 0.493 e. The van der Waals surface area contributed by atoms with E-state index in [4.69, 9.17) is 19.4 Å². The normalized spacial score (nSPS) is 21.5. The summed E-state index contributed by atoms with van der Waals surface area (Å²) in [5.74, 6) is 0.0294. The van der Waals surface area contributed by atoms with Crippen molar-refractivity contribution in [2.75, 3.05) is 14.2 Å². The van der Waals surface area contributed by atoms with Crippen LogP contribution in [0.15, 0.2) is 23.4 Å². The molecule has 1 heterocycles. The summed E-state index contributed by atoms with van der Waals surface area (Å²) >= 11 is 0. The Kier molecular flexibility index (Phi) is 3.33. The van der Waals surface area contributed by atoms with Crippen molar-refractivity contribution < 1.29 is 24.2 Å². The molecule has 102 valence electrons. The number of rotatable bonds is 4. The molecular formula is C13H15NO5. The highest BCUT2D eigenvalue weighted by atomic mass is 16.7. The van der Waals surface area contributed by atoms with E-state index in [-0.39, 0.29) is 6.42 Å². The highest BCUT2D eigenvalue weighted by Gasteiger charge is 2.43. The van der Waals surface area contributed by atoms with Crippen molar-refractivity contribution in [3.63, 3.8) is 0 Å². The quantitative estimate of drug-likeness (QED) is 0.896. The van der Waals surface area contributed by atoms with Gasteiger partial charge < -0.3 is 19.4 Å². The van der Waals surface area contributed by atoms with E-state index in [9.17, 15) is 4.79 Å². The second-order valence-electron chi connectivity index (χ2n) is 4.38. The summed E-state index contributed by atoms with van der Waals surface area (Å²) in [6.07, 6.45) is 0.172. The number of hydrogen-bond acceptors (Lipinski definition) is 5. The van der Waals surface area contributed by atoms with E-state index in [1.54, 1.807) is 18.2 Å². The van der Waals surface area contributed by atoms with Crippen LogP contribution >= 0.6 is 0 Å². The van der Waals surface area contributed by atoms with Crippen LogP contribution in [0.3, 0.4) is 0 Å². The first-order valence-corrected chi connectivity index (χ1v) is 5.71. The zero-order valence-corrected chi connectivity index (χ0v) is 11.0. The first-order chi connectivity index (χ1) is 9.01. The van der Waals surface area contributed by atoms with Crippen molar-refractivity contribution in [2.45, 2.75) is 18.9 Å². The number of ether oxygens (including phenoxy) is 2. The monoisotopic (exact) mass is 265 g/mol. The second-order valence-corrected chi connectivity index (χ2v) is 4.38. The van der Waals surface area contributed by atoms with Gasteiger partial charge in [0.25, 0.3) is 0 Å². The lowest BCUT2D eigenvalue weighted by molar-refractivity contribution is -0.160. The molecule has 19 heavy (non-hydrogen) atoms. The van der Waals surface area contributed by atoms with Crippen LogP contribution in [0, 0.1) is 0 Å². The number of carboxylic acid groups (broad SMARTS) is 1. The van der Waals surface area contributed by atoms with Crippen molar-refractivity contribution in [1.82, 2.24) is 0 Å². The van der Waals surface area contributed by atoms with Gasteiger partial charge in [-0.1, -0.05) is 11.2 Å². The number of aliphatic carboxylic acids is 1. The van der Waals surface area contributed by atoms with Gasteiger partial charge in [-0.05, 0) is 19.1 Å². The van der Waals surface area contributed by atoms with Gasteiger partial charge in [0.2, 0.25) is 5.60 Å². The van der Waals surface area contributed by atoms with Crippen LogP contribution in [0.1, 0.15) is 18.9 Å². The van der Waals surface area contributed by atoms with Gasteiger partial charge >= 0.3 is 5.97 Å². The summed E-state index contributed by atoms with van der Waals surface area (Å²) in [6.45, 7) is 1.48. The average molecular weight is 265 g/mol. The minimum absolute atomic E-state index is 0.172. The Morgan fingerprint density at radius 1 is 1.42 bits per heavy atom. The number of methoxy groups -OCH3 is 2. The molecule has 0 saturated heterocycles. The average Bonchev–Trinajstić information content (AvgIpc) is 2.81. The fourth-order valence-corrected chi connectivity index (χ4v) is 1.91. The molecule has 1 aliphatic heterocycles. The highest BCUT2D eigenvalue weighted by Crippen LogP contribution is 2.35. The molecule has 1 aromatic carbocycles. The van der Waals surface area contributed by atoms with Crippen molar-refractivity contribution >= 4 is 11.7 Å². The molecule has 1 N–H and O–H groups in total. The topological polar surface area (TPSA) is 77.4 Å². The number of oxime groups is 1. The number of carboxylic acids is 1. The maximum atomic E-state index is 11.1. The van der Waals surface area contributed by atoms with Gasteiger partial charge in [0.1, 0.15) is 0 Å². The van der Waals surface area contributed by atoms with E-state index in [0.717, 1.165) is 0 Å². The molecule has 0 unspecified atom stereocenters. The lowest BCUT2D eigenvalue weighted by Gasteiger charge is -2.15. The fourth-order valence-electron chi connectivity index (χ4n) is 1.91. The van der Waals surface area contributed by atoms with Gasteiger partial charge in [0, 0.05) is 12.0 Å². The van der Waals surface area contributed by atoms with E-state index in [0.29, 0.717) is 22.8 Å². The van der Waals surface area contributed by atoms with Gasteiger partial charge in [0.15, 0.2) is 11.5 Å². The lowest BCUT2D eigenvalue weighted by atomic mass is 9.95. The Morgan fingerprint density at radius 2 is 2.16 bits per heavy atom. The third kappa shape index (κ3) is 2.21. The number of nitrogens with zero attached hydrogens (tertiary/aromatic N) is 1. The molecule has 2 rings (SSSR count). The van der Waals surface area contributed by atoms with Crippen molar-refractivity contribution in [3.05, 3.63) is 23.8 Å². The summed E-state index contributed by atoms with van der Waals surface area (Å²) in [7, 11) is 3.06. The minimum Gasteiger partial charge on any atom is -0.493 e. The second kappa shape index (κ2) is 4.79. The molecule has 0 aromatic heterocycles. The standard InChI is InChI=1S/C13H15NO5/c1-13(12(15)16)7-9(14-19-13)8-5-4-6-10(17-2)11(8)18-3/h4-6H,7H2,1-3H3,(H,15,16)/t13-/m1/s1. The van der Waals surface area contributed by atoms with Crippen LogP contribution in [-0.4, -0.2) is 36.6 Å². The summed E-state index contributed by atoms with van der Waals surface area (Å²) in [6, 6.07) is 5.34. The lowest BCUT2D eigenvalue weighted by Crippen LogP contribution is -2.35. The molecule has 1 atom stereocenters. The Morgan fingerprint density at radius 3 is 2.68 bits per heavy atom. The first-order valence-electron chi connectivity index (χ1n) is 5.71. The van der Waals surface area contributed by atoms with E-state index in [1.165, 1.54) is 21.1 Å². The zero-order valence-electron chi connectivity index (χ0n) is 11.0. The molecule has 0 spiro atoms. The van der Waals surface area contributed by atoms with Crippen LogP contribution < -0.4 is 9.47 Å². The molecule has 6 nitrogen and oxygen atoms in total. The minimum atomic E-state index is -1.33. The van der Waals surface area contributed by atoms with Crippen LogP contribution in [0.25, 0.3) is 0 Å². The smallest absolute Gasteiger partial charge is 0.351 e. The predicted octanol–water partition coefficient (Wildman–Crippen LogP) is 1.67. The summed E-state index contributed by atoms with van der Waals surface area (Å²) in [5.41, 5.74) is -0.129. The number of carbonyl (C=O) groups is 1. The maximum absolute atomic E-state index is 11.1. The van der Waals surface area contributed by atoms with E-state index >= 15 is 0 Å². The third-order valence-corrected chi connectivity index (χ3v) is 3.03. The van der Waals surface area contributed by atoms with Crippen LogP contribution in [0.5, 0.6) is 11.5 Å². The molecule has 0 radical (unpaired) electrons. The summed E-state index contributed by atoms with van der Waals surface area (Å²) in [5, 5.41) is 13.0. The molecule has 6 heteroatoms. The Bertz CT molecular complexity index is 540. The van der Waals surface area contributed by atoms with E-state index in [1.807, 2.05) is 0 Å². The first kappa shape index (κ1) is 13.2. The molecule has 0 bridgehead atoms. The molecule has 0 saturated carbocycles. The SMILES string of the molecule is COc1cccc(C2=NO[C@@](C)(C(=O)O)C2)c1OC. The molecular weight excluding hydrogens is 250 g/mol. The fraction of sp³-hybridized carbons (Fsp3) is 0.385.